The second kappa shape index (κ2) is 17.9. The van der Waals surface area contributed by atoms with Gasteiger partial charge in [-0.05, 0) is 45.0 Å². The topological polar surface area (TPSA) is 26.0 Å². The Labute approximate surface area is 365 Å². The summed E-state index contributed by atoms with van der Waals surface area (Å²) in [7, 11) is 0. The largest absolute Gasteiger partial charge is 0.416 e. The average molecular weight is 1020 g/mol. The summed E-state index contributed by atoms with van der Waals surface area (Å²) in [6.07, 6.45) is -47.9. The van der Waals surface area contributed by atoms with Crippen molar-refractivity contribution in [2.24, 2.45) is 0 Å². The fourth-order valence-corrected chi connectivity index (χ4v) is 6.76. The maximum atomic E-state index is 14.2. The Morgan fingerprint density at radius 1 is 0.324 bits per heavy atom. The van der Waals surface area contributed by atoms with Crippen LogP contribution < -0.4 is 31.4 Å². The van der Waals surface area contributed by atoms with E-state index >= 15 is 0 Å². The third-order valence-corrected chi connectivity index (χ3v) is 9.42. The van der Waals surface area contributed by atoms with E-state index in [1.54, 1.807) is 29.5 Å². The van der Waals surface area contributed by atoms with Crippen molar-refractivity contribution >= 4 is 28.0 Å². The zero-order chi connectivity index (χ0) is 52.2. The molecule has 1 heterocycles. The van der Waals surface area contributed by atoms with Crippen molar-refractivity contribution in [2.45, 2.75) is 75.8 Å². The molecule has 0 radical (unpaired) electrons. The Hall–Kier alpha value is -5.86. The molecule has 1 aromatic heterocycles. The van der Waals surface area contributed by atoms with Gasteiger partial charge in [0.15, 0.2) is 5.60 Å². The molecule has 5 aromatic rings. The van der Waals surface area contributed by atoms with E-state index in [1.165, 1.54) is 0 Å². The summed E-state index contributed by atoms with van der Waals surface area (Å²) < 4.78 is 342. The molecule has 0 saturated carbocycles. The average Bonchev–Trinajstić information content (AvgIpc) is 3.15. The standard InChI is InChI=1S/C32H12BF24.C8H13N2O/c34-25(35,36)13-1-14(26(37,38)39)6-21(5-13)33(22-7-15(27(40,41)42)2-16(8-22)28(43,44)45,23-9-17(29(46,47)48)3-18(10-23)30(49,50)51)24-11-19(31(52,53)54)4-20(12-24)32(55,56)57;1-8(2,3)11-10-6-4-9-5-7-10/h1-12H;4-7H,1-3H3/q-1;+1. The third-order valence-electron chi connectivity index (χ3n) is 9.42. The molecule has 0 aliphatic heterocycles. The van der Waals surface area contributed by atoms with Crippen LogP contribution in [0.15, 0.2) is 97.6 Å². The summed E-state index contributed by atoms with van der Waals surface area (Å²) in [5.41, 5.74) is -30.4. The van der Waals surface area contributed by atoms with E-state index in [0.29, 0.717) is 0 Å². The van der Waals surface area contributed by atoms with Crippen LogP contribution in [0.5, 0.6) is 0 Å². The molecule has 0 saturated heterocycles. The second-order valence-corrected chi connectivity index (χ2v) is 15.5. The lowest BCUT2D eigenvalue weighted by Crippen LogP contribution is -2.75. The van der Waals surface area contributed by atoms with Gasteiger partial charge < -0.3 is 0 Å². The highest BCUT2D eigenvalue weighted by atomic mass is 19.4. The van der Waals surface area contributed by atoms with Crippen LogP contribution in [0.2, 0.25) is 0 Å². The molecule has 0 unspecified atom stereocenters. The van der Waals surface area contributed by atoms with Crippen LogP contribution in [-0.4, -0.2) is 16.7 Å². The van der Waals surface area contributed by atoms with Crippen molar-refractivity contribution in [1.82, 2.24) is 4.98 Å². The maximum Gasteiger partial charge on any atom is 0.416 e. The monoisotopic (exact) mass is 1020 g/mol. The lowest BCUT2D eigenvalue weighted by molar-refractivity contribution is -0.906. The zero-order valence-corrected chi connectivity index (χ0v) is 33.7. The summed E-state index contributed by atoms with van der Waals surface area (Å²) in [5, 5.41) is 0. The molecule has 4 aromatic carbocycles. The van der Waals surface area contributed by atoms with E-state index < -0.39 is 195 Å². The number of rotatable bonds is 5. The van der Waals surface area contributed by atoms with Crippen molar-refractivity contribution in [3.63, 3.8) is 0 Å². The minimum Gasteiger partial charge on any atom is -0.266 e. The normalized spacial score (nSPS) is 13.8. The molecule has 0 aliphatic rings. The number of nitrogens with zero attached hydrogens (tertiary/aromatic N) is 2. The molecule has 5 rings (SSSR count). The van der Waals surface area contributed by atoms with E-state index in [0.717, 1.165) is 0 Å². The Morgan fingerprint density at radius 3 is 0.647 bits per heavy atom. The molecule has 28 heteroatoms. The molecule has 0 N–H and O–H groups in total. The van der Waals surface area contributed by atoms with Gasteiger partial charge in [0.1, 0.15) is 6.15 Å². The highest BCUT2D eigenvalue weighted by molar-refractivity contribution is 7.20. The van der Waals surface area contributed by atoms with Crippen molar-refractivity contribution in [2.75, 3.05) is 0 Å². The van der Waals surface area contributed by atoms with Gasteiger partial charge in [0.25, 0.3) is 0 Å². The number of aromatic nitrogens is 2. The Balaban J connectivity index is 0.000000802. The number of alkyl halides is 24. The quantitative estimate of drug-likeness (QED) is 0.0996. The highest BCUT2D eigenvalue weighted by Crippen LogP contribution is 2.41. The van der Waals surface area contributed by atoms with Gasteiger partial charge in [0.2, 0.25) is 12.4 Å². The van der Waals surface area contributed by atoms with Crippen LogP contribution in [0.3, 0.4) is 0 Å². The fourth-order valence-electron chi connectivity index (χ4n) is 6.76. The molecular formula is C40H25BF24N2O. The smallest absolute Gasteiger partial charge is 0.266 e. The van der Waals surface area contributed by atoms with Crippen molar-refractivity contribution in [1.29, 1.82) is 0 Å². The first-order valence-electron chi connectivity index (χ1n) is 18.2. The summed E-state index contributed by atoms with van der Waals surface area (Å²) in [5.74, 6) is 0. The first kappa shape index (κ1) is 54.7. The lowest BCUT2D eigenvalue weighted by atomic mass is 9.12. The van der Waals surface area contributed by atoms with Gasteiger partial charge in [-0.15, -0.1) is 0 Å². The number of halogens is 24. The molecule has 3 nitrogen and oxygen atoms in total. The van der Waals surface area contributed by atoms with Crippen molar-refractivity contribution in [3.05, 3.63) is 142 Å². The van der Waals surface area contributed by atoms with Crippen LogP contribution in [0.25, 0.3) is 0 Å². The molecule has 0 atom stereocenters. The second-order valence-electron chi connectivity index (χ2n) is 15.5. The molecule has 68 heavy (non-hydrogen) atoms. The third kappa shape index (κ3) is 13.0. The maximum absolute atomic E-state index is 14.2. The zero-order valence-electron chi connectivity index (χ0n) is 33.7. The molecule has 0 aliphatic carbocycles. The molecule has 0 fully saturated rings. The number of hydrogen-bond acceptors (Lipinski definition) is 2. The van der Waals surface area contributed by atoms with Crippen LogP contribution in [0.4, 0.5) is 105 Å². The predicted molar refractivity (Wildman–Crippen MR) is 191 cm³/mol. The van der Waals surface area contributed by atoms with E-state index in [2.05, 4.69) is 4.98 Å². The van der Waals surface area contributed by atoms with Gasteiger partial charge in [-0.2, -0.15) is 127 Å². The van der Waals surface area contributed by atoms with Crippen molar-refractivity contribution in [3.8, 4) is 0 Å². The van der Waals surface area contributed by atoms with E-state index in [4.69, 9.17) is 4.84 Å². The lowest BCUT2D eigenvalue weighted by Gasteiger charge is -2.46. The fraction of sp³-hybridized carbons (Fsp3) is 0.300. The first-order valence-corrected chi connectivity index (χ1v) is 18.2. The summed E-state index contributed by atoms with van der Waals surface area (Å²) in [6, 6.07) is -8.81. The van der Waals surface area contributed by atoms with E-state index in [1.807, 2.05) is 20.8 Å². The molecule has 0 bridgehead atoms. The summed E-state index contributed by atoms with van der Waals surface area (Å²) in [4.78, 5) is 9.35. The molecular weight excluding hydrogens is 991 g/mol. The van der Waals surface area contributed by atoms with E-state index in [-0.39, 0.29) is 5.60 Å². The molecule has 372 valence electrons. The van der Waals surface area contributed by atoms with Crippen LogP contribution in [0.1, 0.15) is 65.3 Å². The van der Waals surface area contributed by atoms with Gasteiger partial charge in [0.05, 0.1) is 56.9 Å². The number of benzene rings is 4. The van der Waals surface area contributed by atoms with Gasteiger partial charge in [-0.3, -0.25) is 9.82 Å². The first-order chi connectivity index (χ1) is 30.3. The Kier molecular flexibility index (Phi) is 14.4. The molecule has 0 amide bonds. The van der Waals surface area contributed by atoms with Gasteiger partial charge in [0, 0.05) is 4.73 Å². The molecule has 0 spiro atoms. The van der Waals surface area contributed by atoms with E-state index in [9.17, 15) is 105 Å². The summed E-state index contributed by atoms with van der Waals surface area (Å²) >= 11 is 0. The minimum atomic E-state index is -6.13. The minimum absolute atomic E-state index is 0.161. The van der Waals surface area contributed by atoms with Crippen LogP contribution >= 0.6 is 0 Å². The predicted octanol–water partition coefficient (Wildman–Crippen LogP) is 11.8. The highest BCUT2D eigenvalue weighted by Gasteiger charge is 2.47. The van der Waals surface area contributed by atoms with Gasteiger partial charge >= 0.3 is 49.4 Å². The number of hydrogen-bond donors (Lipinski definition) is 0. The summed E-state index contributed by atoms with van der Waals surface area (Å²) in [6.45, 7) is 6.00. The Morgan fingerprint density at radius 2 is 0.500 bits per heavy atom. The van der Waals surface area contributed by atoms with Crippen LogP contribution in [0, 0.1) is 0 Å². The Bertz CT molecular complexity index is 2140. The van der Waals surface area contributed by atoms with Gasteiger partial charge in [-0.25, -0.2) is 0 Å². The SMILES string of the molecule is CC(C)(C)O[n+]1ccncc1.FC(F)(F)c1cc([B-](c2cc(C(F)(F)F)cc(C(F)(F)F)c2)(c2cc(C(F)(F)F)cc(C(F)(F)F)c2)c2cc(C(F)(F)F)cc(C(F)(F)F)c2)cc(C(F)(F)F)c1. The van der Waals surface area contributed by atoms with Gasteiger partial charge in [-0.1, -0.05) is 48.5 Å². The van der Waals surface area contributed by atoms with Crippen LogP contribution in [-0.2, 0) is 49.4 Å². The van der Waals surface area contributed by atoms with Crippen molar-refractivity contribution < 1.29 is 115 Å².